The van der Waals surface area contributed by atoms with Crippen molar-refractivity contribution >= 4 is 29.8 Å². The van der Waals surface area contributed by atoms with Crippen molar-refractivity contribution in [2.45, 2.75) is 81.8 Å². The van der Waals surface area contributed by atoms with E-state index in [4.69, 9.17) is 19.3 Å². The lowest BCUT2D eigenvalue weighted by Crippen LogP contribution is -2.71. The summed E-state index contributed by atoms with van der Waals surface area (Å²) in [5.41, 5.74) is 2.47. The normalized spacial score (nSPS) is 20.5. The molecule has 0 unspecified atom stereocenters. The topological polar surface area (TPSA) is 250 Å². The zero-order valence-electron chi connectivity index (χ0n) is 29.6. The van der Waals surface area contributed by atoms with Gasteiger partial charge in [-0.2, -0.15) is 0 Å². The van der Waals surface area contributed by atoms with E-state index >= 15 is 0 Å². The molecule has 0 aromatic heterocycles. The fourth-order valence-corrected chi connectivity index (χ4v) is 5.93. The van der Waals surface area contributed by atoms with Crippen LogP contribution in [-0.4, -0.2) is 105 Å². The number of carbonyl (C=O) groups is 5. The highest BCUT2D eigenvalue weighted by molar-refractivity contribution is 5.94. The molecule has 3 aromatic carbocycles. The third-order valence-corrected chi connectivity index (χ3v) is 8.73. The number of unbranched alkanes of at least 4 members (excludes halogenated alkanes) is 2. The molecule has 0 bridgehead atoms. The summed E-state index contributed by atoms with van der Waals surface area (Å²) in [5, 5.41) is 59.1. The van der Waals surface area contributed by atoms with Crippen molar-refractivity contribution in [3.05, 3.63) is 90.0 Å². The molecule has 1 aliphatic rings. The van der Waals surface area contributed by atoms with Gasteiger partial charge < -0.3 is 55.7 Å². The van der Waals surface area contributed by atoms with E-state index in [9.17, 15) is 44.4 Å². The summed E-state index contributed by atoms with van der Waals surface area (Å²) in [6, 6.07) is 19.1. The summed E-state index contributed by atoms with van der Waals surface area (Å²) in [7, 11) is 0. The van der Waals surface area contributed by atoms with Gasteiger partial charge in [0.25, 0.3) is 11.7 Å². The number of hydrogen-bond acceptors (Lipinski definition) is 11. The van der Waals surface area contributed by atoms with Crippen molar-refractivity contribution in [3.63, 3.8) is 0 Å². The maximum absolute atomic E-state index is 13.0. The largest absolute Gasteiger partial charge is 0.508 e. The number of alkyl carbamates (subject to hydrolysis) is 1. The molecule has 290 valence electrons. The van der Waals surface area contributed by atoms with Crippen LogP contribution in [0, 0.1) is 0 Å². The molecule has 0 spiro atoms. The SMILES string of the molecule is CC(=O)N[C@H]1[C@H]([C@H](O)[C@H](O)CNC(=O)c2ccc(-c3ccc(O)cc3)cc2)O[C@@](OCCCCCC(=O)O)(C(=O)O)C[C@@H]1NC(=O)OCc1ccccc1. The summed E-state index contributed by atoms with van der Waals surface area (Å²) >= 11 is 0. The molecule has 1 fully saturated rings. The fourth-order valence-electron chi connectivity index (χ4n) is 5.93. The second-order valence-corrected chi connectivity index (χ2v) is 12.8. The lowest BCUT2D eigenvalue weighted by Gasteiger charge is -2.48. The summed E-state index contributed by atoms with van der Waals surface area (Å²) in [6.07, 6.45) is -6.16. The predicted molar refractivity (Wildman–Crippen MR) is 191 cm³/mol. The monoisotopic (exact) mass is 751 g/mol. The first-order valence-corrected chi connectivity index (χ1v) is 17.3. The minimum absolute atomic E-state index is 0.0934. The van der Waals surface area contributed by atoms with E-state index in [0.717, 1.165) is 18.1 Å². The summed E-state index contributed by atoms with van der Waals surface area (Å²) in [6.45, 7) is 0.273. The summed E-state index contributed by atoms with van der Waals surface area (Å²) < 4.78 is 17.0. The first-order chi connectivity index (χ1) is 25.8. The van der Waals surface area contributed by atoms with E-state index in [2.05, 4.69) is 16.0 Å². The molecule has 1 saturated heterocycles. The smallest absolute Gasteiger partial charge is 0.407 e. The Hall–Kier alpha value is -5.55. The van der Waals surface area contributed by atoms with Crippen LogP contribution < -0.4 is 16.0 Å². The number of carboxylic acid groups (broad SMARTS) is 2. The van der Waals surface area contributed by atoms with Gasteiger partial charge in [0.05, 0.1) is 24.8 Å². The van der Waals surface area contributed by atoms with Crippen molar-refractivity contribution in [3.8, 4) is 16.9 Å². The molecule has 6 atom stereocenters. The van der Waals surface area contributed by atoms with Crippen LogP contribution in [0.15, 0.2) is 78.9 Å². The fraction of sp³-hybridized carbons (Fsp3) is 0.395. The van der Waals surface area contributed by atoms with Crippen LogP contribution in [0.1, 0.15) is 54.9 Å². The zero-order valence-corrected chi connectivity index (χ0v) is 29.6. The zero-order chi connectivity index (χ0) is 39.3. The van der Waals surface area contributed by atoms with E-state index in [1.165, 1.54) is 12.1 Å². The first kappa shape index (κ1) is 41.2. The Labute approximate surface area is 311 Å². The van der Waals surface area contributed by atoms with Crippen LogP contribution in [0.2, 0.25) is 0 Å². The second-order valence-electron chi connectivity index (χ2n) is 12.8. The molecule has 8 N–H and O–H groups in total. The number of nitrogens with one attached hydrogen (secondary N) is 3. The highest BCUT2D eigenvalue weighted by Crippen LogP contribution is 2.34. The third-order valence-electron chi connectivity index (χ3n) is 8.73. The quantitative estimate of drug-likeness (QED) is 0.0872. The third kappa shape index (κ3) is 11.7. The second kappa shape index (κ2) is 19.5. The van der Waals surface area contributed by atoms with Gasteiger partial charge in [0.1, 0.15) is 24.6 Å². The van der Waals surface area contributed by atoms with E-state index in [1.807, 2.05) is 0 Å². The number of phenolic OH excluding ortho intramolecular Hbond substituents is 1. The Bertz CT molecular complexity index is 1720. The highest BCUT2D eigenvalue weighted by Gasteiger charge is 2.56. The molecule has 54 heavy (non-hydrogen) atoms. The Balaban J connectivity index is 1.51. The van der Waals surface area contributed by atoms with Gasteiger partial charge in [-0.05, 0) is 53.8 Å². The number of rotatable bonds is 18. The molecule has 3 amide bonds. The average molecular weight is 752 g/mol. The first-order valence-electron chi connectivity index (χ1n) is 17.3. The number of aromatic hydroxyl groups is 1. The molecule has 1 aliphatic heterocycles. The average Bonchev–Trinajstić information content (AvgIpc) is 3.15. The maximum atomic E-state index is 13.0. The number of benzene rings is 3. The number of carbonyl (C=O) groups excluding carboxylic acids is 3. The Morgan fingerprint density at radius 2 is 1.52 bits per heavy atom. The molecular formula is C38H45N3O13. The van der Waals surface area contributed by atoms with Crippen molar-refractivity contribution in [1.29, 1.82) is 0 Å². The number of aliphatic hydroxyl groups is 2. The Morgan fingerprint density at radius 1 is 0.870 bits per heavy atom. The Kier molecular flexibility index (Phi) is 14.9. The molecule has 16 nitrogen and oxygen atoms in total. The summed E-state index contributed by atoms with van der Waals surface area (Å²) in [4.78, 5) is 62.1. The number of ether oxygens (including phenoxy) is 3. The lowest BCUT2D eigenvalue weighted by molar-refractivity contribution is -0.300. The number of phenols is 1. The van der Waals surface area contributed by atoms with Crippen LogP contribution >= 0.6 is 0 Å². The van der Waals surface area contributed by atoms with Gasteiger partial charge >= 0.3 is 18.0 Å². The molecule has 0 aliphatic carbocycles. The van der Waals surface area contributed by atoms with Gasteiger partial charge in [-0.25, -0.2) is 9.59 Å². The number of carboxylic acids is 2. The van der Waals surface area contributed by atoms with E-state index in [1.54, 1.807) is 66.7 Å². The van der Waals surface area contributed by atoms with Crippen molar-refractivity contribution in [1.82, 2.24) is 16.0 Å². The lowest BCUT2D eigenvalue weighted by atomic mass is 9.86. The van der Waals surface area contributed by atoms with Crippen LogP contribution in [-0.2, 0) is 35.2 Å². The number of aliphatic carboxylic acids is 2. The van der Waals surface area contributed by atoms with Gasteiger partial charge in [0.2, 0.25) is 5.91 Å². The number of aliphatic hydroxyl groups excluding tert-OH is 2. The van der Waals surface area contributed by atoms with Gasteiger partial charge in [-0.1, -0.05) is 61.0 Å². The molecule has 1 heterocycles. The molecule has 0 radical (unpaired) electrons. The van der Waals surface area contributed by atoms with Crippen LogP contribution in [0.25, 0.3) is 11.1 Å². The Morgan fingerprint density at radius 3 is 2.13 bits per heavy atom. The van der Waals surface area contributed by atoms with Gasteiger partial charge in [0, 0.05) is 31.9 Å². The van der Waals surface area contributed by atoms with Crippen LogP contribution in [0.5, 0.6) is 5.75 Å². The van der Waals surface area contributed by atoms with Gasteiger partial charge in [-0.15, -0.1) is 0 Å². The molecule has 0 saturated carbocycles. The molecular weight excluding hydrogens is 706 g/mol. The number of amides is 3. The predicted octanol–water partition coefficient (Wildman–Crippen LogP) is 2.54. The molecule has 16 heteroatoms. The van der Waals surface area contributed by atoms with Crippen molar-refractivity contribution < 1.29 is 63.7 Å². The van der Waals surface area contributed by atoms with Crippen molar-refractivity contribution in [2.24, 2.45) is 0 Å². The minimum atomic E-state index is -2.51. The van der Waals surface area contributed by atoms with Gasteiger partial charge in [0.15, 0.2) is 0 Å². The van der Waals surface area contributed by atoms with E-state index in [-0.39, 0.29) is 37.4 Å². The maximum Gasteiger partial charge on any atom is 0.407 e. The molecule has 4 rings (SSSR count). The van der Waals surface area contributed by atoms with E-state index in [0.29, 0.717) is 18.4 Å². The van der Waals surface area contributed by atoms with Crippen LogP contribution in [0.3, 0.4) is 0 Å². The van der Waals surface area contributed by atoms with Crippen molar-refractivity contribution in [2.75, 3.05) is 13.2 Å². The molecule has 3 aromatic rings. The standard InChI is InChI=1S/C38H45N3O13/c1-23(42)40-32-29(41-37(51)52-22-24-8-4-2-5-9-24)20-38(36(49)50,53-19-7-3-6-10-31(45)46)54-34(32)33(47)30(44)21-39-35(48)27-13-11-25(12-14-27)26-15-17-28(43)18-16-26/h2,4-5,8-9,11-18,29-30,32-34,43-44,47H,3,6-7,10,19-22H2,1H3,(H,39,48)(H,40,42)(H,41,51)(H,45,46)(H,49,50)/t29-,30+,32+,33+,34+,38+/m0/s1. The number of hydrogen-bond donors (Lipinski definition) is 8. The van der Waals surface area contributed by atoms with Gasteiger partial charge in [-0.3, -0.25) is 14.4 Å². The minimum Gasteiger partial charge on any atom is -0.508 e. The highest BCUT2D eigenvalue weighted by atomic mass is 16.7. The summed E-state index contributed by atoms with van der Waals surface area (Å²) in [5.74, 6) is -6.25. The van der Waals surface area contributed by atoms with E-state index < -0.39 is 79.0 Å². The van der Waals surface area contributed by atoms with Crippen LogP contribution in [0.4, 0.5) is 4.79 Å².